The van der Waals surface area contributed by atoms with Crippen LogP contribution in [0.2, 0.25) is 0 Å². The maximum atomic E-state index is 12.6. The van der Waals surface area contributed by atoms with Gasteiger partial charge in [0.15, 0.2) is 11.5 Å². The third-order valence-corrected chi connectivity index (χ3v) is 5.45. The van der Waals surface area contributed by atoms with E-state index in [1.165, 1.54) is 25.5 Å². The summed E-state index contributed by atoms with van der Waals surface area (Å²) in [6.45, 7) is 4.07. The van der Waals surface area contributed by atoms with Crippen molar-refractivity contribution in [3.63, 3.8) is 0 Å². The molecule has 0 aliphatic carbocycles. The zero-order chi connectivity index (χ0) is 25.7. The molecule has 2 aromatic heterocycles. The summed E-state index contributed by atoms with van der Waals surface area (Å²) >= 11 is 0. The number of carboxylic acid groups (broad SMARTS) is 1. The number of carboxylic acids is 1. The van der Waals surface area contributed by atoms with E-state index in [4.69, 9.17) is 19.0 Å². The molecule has 0 saturated heterocycles. The number of aromatic carboxylic acids is 1. The number of aryl methyl sites for hydroxylation is 2. The number of hydrogen-bond acceptors (Lipinski definition) is 6. The molecule has 0 atom stereocenters. The van der Waals surface area contributed by atoms with Crippen LogP contribution < -0.4 is 14.9 Å². The molecular weight excluding hydrogens is 462 g/mol. The molecule has 36 heavy (non-hydrogen) atoms. The van der Waals surface area contributed by atoms with Gasteiger partial charge in [-0.15, -0.1) is 0 Å². The summed E-state index contributed by atoms with van der Waals surface area (Å²) in [7, 11) is 1.50. The molecule has 2 N–H and O–H groups in total. The number of ether oxygens (including phenoxy) is 2. The van der Waals surface area contributed by atoms with Gasteiger partial charge in [-0.3, -0.25) is 4.79 Å². The lowest BCUT2D eigenvalue weighted by Crippen LogP contribution is -2.18. The summed E-state index contributed by atoms with van der Waals surface area (Å²) in [5, 5.41) is 13.0. The molecule has 0 aliphatic rings. The van der Waals surface area contributed by atoms with Crippen LogP contribution in [-0.2, 0) is 6.61 Å². The Morgan fingerprint density at radius 2 is 1.81 bits per heavy atom. The highest BCUT2D eigenvalue weighted by atomic mass is 16.5. The van der Waals surface area contributed by atoms with E-state index in [9.17, 15) is 9.59 Å². The summed E-state index contributed by atoms with van der Waals surface area (Å²) in [4.78, 5) is 23.6. The summed E-state index contributed by atoms with van der Waals surface area (Å²) in [5.74, 6) is -0.375. The number of aromatic nitrogens is 1. The molecule has 1 amide bonds. The first-order valence-electron chi connectivity index (χ1n) is 11.1. The van der Waals surface area contributed by atoms with E-state index in [0.29, 0.717) is 28.4 Å². The van der Waals surface area contributed by atoms with Crippen LogP contribution in [0.15, 0.2) is 76.2 Å². The fourth-order valence-electron chi connectivity index (χ4n) is 3.69. The maximum absolute atomic E-state index is 12.6. The van der Waals surface area contributed by atoms with Gasteiger partial charge < -0.3 is 23.6 Å². The van der Waals surface area contributed by atoms with Gasteiger partial charge in [-0.25, -0.2) is 10.2 Å². The first kappa shape index (κ1) is 24.3. The fraction of sp³-hybridized carbons (Fsp3) is 0.148. The Kier molecular flexibility index (Phi) is 7.20. The largest absolute Gasteiger partial charge is 0.493 e. The highest BCUT2D eigenvalue weighted by Gasteiger charge is 2.12. The fourth-order valence-corrected chi connectivity index (χ4v) is 3.69. The zero-order valence-electron chi connectivity index (χ0n) is 20.0. The molecule has 0 unspecified atom stereocenters. The van der Waals surface area contributed by atoms with Crippen molar-refractivity contribution >= 4 is 18.1 Å². The average molecular weight is 488 g/mol. The van der Waals surface area contributed by atoms with Crippen LogP contribution in [-0.4, -0.2) is 34.9 Å². The van der Waals surface area contributed by atoms with Gasteiger partial charge in [-0.05, 0) is 80.1 Å². The monoisotopic (exact) mass is 487 g/mol. The lowest BCUT2D eigenvalue weighted by molar-refractivity contribution is 0.0657. The molecule has 184 valence electrons. The Morgan fingerprint density at radius 1 is 1.03 bits per heavy atom. The molecule has 2 aromatic carbocycles. The lowest BCUT2D eigenvalue weighted by Gasteiger charge is -2.11. The maximum Gasteiger partial charge on any atom is 0.371 e. The molecule has 0 radical (unpaired) electrons. The van der Waals surface area contributed by atoms with Gasteiger partial charge in [0.05, 0.1) is 13.3 Å². The summed E-state index contributed by atoms with van der Waals surface area (Å²) < 4.78 is 18.3. The molecule has 2 heterocycles. The van der Waals surface area contributed by atoms with Crippen LogP contribution in [0.3, 0.4) is 0 Å². The number of hydrazone groups is 1. The third-order valence-electron chi connectivity index (χ3n) is 5.45. The van der Waals surface area contributed by atoms with Gasteiger partial charge >= 0.3 is 5.97 Å². The minimum Gasteiger partial charge on any atom is -0.493 e. The molecule has 0 saturated carbocycles. The predicted molar refractivity (Wildman–Crippen MR) is 133 cm³/mol. The highest BCUT2D eigenvalue weighted by Crippen LogP contribution is 2.28. The summed E-state index contributed by atoms with van der Waals surface area (Å²) in [5.41, 5.74) is 6.78. The second-order valence-corrected chi connectivity index (χ2v) is 7.97. The van der Waals surface area contributed by atoms with Crippen LogP contribution in [0.4, 0.5) is 0 Å². The highest BCUT2D eigenvalue weighted by molar-refractivity contribution is 5.95. The molecule has 0 aliphatic heterocycles. The molecule has 4 aromatic rings. The van der Waals surface area contributed by atoms with Crippen molar-refractivity contribution in [3.8, 4) is 17.2 Å². The van der Waals surface area contributed by atoms with Crippen molar-refractivity contribution < 1.29 is 28.6 Å². The molecular formula is C27H25N3O6. The van der Waals surface area contributed by atoms with Gasteiger partial charge in [-0.2, -0.15) is 5.10 Å². The number of amides is 1. The first-order chi connectivity index (χ1) is 17.4. The molecule has 9 heteroatoms. The van der Waals surface area contributed by atoms with E-state index in [0.717, 1.165) is 17.1 Å². The van der Waals surface area contributed by atoms with Gasteiger partial charge in [0.1, 0.15) is 12.4 Å². The van der Waals surface area contributed by atoms with Crippen molar-refractivity contribution in [1.82, 2.24) is 9.99 Å². The van der Waals surface area contributed by atoms with E-state index in [1.807, 2.05) is 44.2 Å². The van der Waals surface area contributed by atoms with E-state index in [-0.39, 0.29) is 18.3 Å². The SMILES string of the molecule is COc1cc(C=NNC(=O)c2cccc(-n3c(C)ccc3C)c2)ccc1OCc1ccc(C(=O)O)o1. The molecule has 4 rings (SSSR count). The van der Waals surface area contributed by atoms with Crippen LogP contribution >= 0.6 is 0 Å². The molecule has 0 spiro atoms. The Morgan fingerprint density at radius 3 is 2.50 bits per heavy atom. The summed E-state index contributed by atoms with van der Waals surface area (Å²) in [6.07, 6.45) is 1.50. The Bertz CT molecular complexity index is 1410. The Labute approximate surface area is 207 Å². The zero-order valence-corrected chi connectivity index (χ0v) is 20.0. The molecule has 9 nitrogen and oxygen atoms in total. The number of carbonyl (C=O) groups is 2. The van der Waals surface area contributed by atoms with Crippen molar-refractivity contribution in [2.24, 2.45) is 5.10 Å². The average Bonchev–Trinajstić information content (AvgIpc) is 3.49. The minimum absolute atomic E-state index is 0.0360. The topological polar surface area (TPSA) is 115 Å². The number of benzene rings is 2. The second-order valence-electron chi connectivity index (χ2n) is 7.97. The molecule has 0 fully saturated rings. The van der Waals surface area contributed by atoms with Crippen LogP contribution in [0.5, 0.6) is 11.5 Å². The second kappa shape index (κ2) is 10.6. The van der Waals surface area contributed by atoms with E-state index in [1.54, 1.807) is 24.3 Å². The number of nitrogens with one attached hydrogen (secondary N) is 1. The standard InChI is InChI=1S/C27H25N3O6/c1-17-7-8-18(2)30(17)21-6-4-5-20(14-21)26(31)29-28-15-19-9-11-23(25(13-19)34-3)35-16-22-10-12-24(36-22)27(32)33/h4-15H,16H2,1-3H3,(H,29,31)(H,32,33). The van der Waals surface area contributed by atoms with Crippen LogP contribution in [0.1, 0.15) is 43.6 Å². The number of carbonyl (C=O) groups excluding carboxylic acids is 1. The quantitative estimate of drug-likeness (QED) is 0.260. The van der Waals surface area contributed by atoms with Crippen LogP contribution in [0.25, 0.3) is 5.69 Å². The van der Waals surface area contributed by atoms with Gasteiger partial charge in [-0.1, -0.05) is 6.07 Å². The van der Waals surface area contributed by atoms with Crippen molar-refractivity contribution in [2.75, 3.05) is 7.11 Å². The van der Waals surface area contributed by atoms with E-state index >= 15 is 0 Å². The first-order valence-corrected chi connectivity index (χ1v) is 11.1. The van der Waals surface area contributed by atoms with Crippen molar-refractivity contribution in [1.29, 1.82) is 0 Å². The van der Waals surface area contributed by atoms with Crippen molar-refractivity contribution in [2.45, 2.75) is 20.5 Å². The number of methoxy groups -OCH3 is 1. The van der Waals surface area contributed by atoms with Gasteiger partial charge in [0.25, 0.3) is 5.91 Å². The Hall–Kier alpha value is -4.79. The number of furan rings is 1. The number of rotatable bonds is 9. The van der Waals surface area contributed by atoms with E-state index < -0.39 is 5.97 Å². The van der Waals surface area contributed by atoms with Gasteiger partial charge in [0.2, 0.25) is 5.76 Å². The molecule has 0 bridgehead atoms. The van der Waals surface area contributed by atoms with Crippen LogP contribution in [0, 0.1) is 13.8 Å². The normalized spacial score (nSPS) is 11.0. The lowest BCUT2D eigenvalue weighted by atomic mass is 10.2. The number of hydrogen-bond donors (Lipinski definition) is 2. The summed E-state index contributed by atoms with van der Waals surface area (Å²) in [6, 6.07) is 19.4. The van der Waals surface area contributed by atoms with E-state index in [2.05, 4.69) is 15.1 Å². The Balaban J connectivity index is 1.40. The third kappa shape index (κ3) is 5.47. The predicted octanol–water partition coefficient (Wildman–Crippen LogP) is 4.74. The van der Waals surface area contributed by atoms with Gasteiger partial charge in [0, 0.05) is 22.6 Å². The number of nitrogens with zero attached hydrogens (tertiary/aromatic N) is 2. The minimum atomic E-state index is -1.15. The smallest absolute Gasteiger partial charge is 0.371 e. The van der Waals surface area contributed by atoms with Crippen molar-refractivity contribution in [3.05, 3.63) is 101 Å².